The Kier molecular flexibility index (Phi) is 9.40. The summed E-state index contributed by atoms with van der Waals surface area (Å²) in [6.45, 7) is 0. The van der Waals surface area contributed by atoms with Crippen molar-refractivity contribution < 1.29 is 4.74 Å². The first-order chi connectivity index (χ1) is 29.7. The molecule has 3 aliphatic rings. The maximum Gasteiger partial charge on any atom is 0.138 e. The largest absolute Gasteiger partial charge is 0.624 e. The van der Waals surface area contributed by atoms with Gasteiger partial charge in [0.1, 0.15) is 11.5 Å². The van der Waals surface area contributed by atoms with Crippen LogP contribution in [0.4, 0.5) is 17.1 Å². The Morgan fingerprint density at radius 2 is 1.00 bits per heavy atom. The second-order valence-electron chi connectivity index (χ2n) is 15.7. The van der Waals surface area contributed by atoms with E-state index in [1.54, 1.807) is 0 Å². The maximum absolute atomic E-state index is 7.04. The van der Waals surface area contributed by atoms with E-state index in [0.29, 0.717) is 0 Å². The van der Waals surface area contributed by atoms with E-state index < -0.39 is 0 Å². The molecule has 290 valence electrons. The normalized spacial score (nSPS) is 19.0. The molecule has 0 saturated carbocycles. The minimum absolute atomic E-state index is 0.128. The molecule has 1 fully saturated rings. The molecule has 60 heavy (non-hydrogen) atoms. The average Bonchev–Trinajstić information content (AvgIpc) is 3.72. The Morgan fingerprint density at radius 1 is 0.483 bits per heavy atom. The van der Waals surface area contributed by atoms with Gasteiger partial charge in [-0.15, -0.1) is 0 Å². The van der Waals surface area contributed by atoms with Gasteiger partial charge in [-0.3, -0.25) is 0 Å². The molecular weight excluding hydrogens is 733 g/mol. The van der Waals surface area contributed by atoms with E-state index in [0.717, 1.165) is 62.8 Å². The van der Waals surface area contributed by atoms with Crippen LogP contribution in [0.1, 0.15) is 53.1 Å². The summed E-state index contributed by atoms with van der Waals surface area (Å²) < 4.78 is 7.04. The third kappa shape index (κ3) is 6.79. The van der Waals surface area contributed by atoms with Crippen molar-refractivity contribution in [1.82, 2.24) is 10.6 Å². The van der Waals surface area contributed by atoms with Gasteiger partial charge in [0.05, 0.1) is 6.17 Å². The minimum atomic E-state index is -0.197. The molecule has 0 radical (unpaired) electrons. The van der Waals surface area contributed by atoms with Crippen molar-refractivity contribution >= 4 is 28.9 Å². The third-order valence-corrected chi connectivity index (χ3v) is 12.0. The number of rotatable bonds is 8. The van der Waals surface area contributed by atoms with E-state index >= 15 is 0 Å². The highest BCUT2D eigenvalue weighted by atomic mass is 16.5. The number of anilines is 3. The number of fused-ring (bicyclic) bond motifs is 4. The molecule has 1 aliphatic carbocycles. The van der Waals surface area contributed by atoms with Gasteiger partial charge in [-0.2, -0.15) is 0 Å². The lowest BCUT2D eigenvalue weighted by Crippen LogP contribution is -2.44. The van der Waals surface area contributed by atoms with E-state index in [9.17, 15) is 0 Å². The fraction of sp³-hybridized carbons (Fsp3) is 0.0909. The van der Waals surface area contributed by atoms with Gasteiger partial charge in [-0.1, -0.05) is 187 Å². The summed E-state index contributed by atoms with van der Waals surface area (Å²) in [5.74, 6) is 2.10. The zero-order valence-corrected chi connectivity index (χ0v) is 33.0. The Bertz CT molecular complexity index is 2850. The molecule has 11 rings (SSSR count). The molecule has 0 spiro atoms. The van der Waals surface area contributed by atoms with Crippen LogP contribution in [-0.4, -0.2) is 0 Å². The number of ether oxygens (including phenoxy) is 1. The number of hydrogen-bond acceptors (Lipinski definition) is 4. The molecule has 0 aromatic heterocycles. The molecule has 8 aromatic rings. The van der Waals surface area contributed by atoms with Crippen LogP contribution < -0.4 is 30.7 Å². The predicted molar refractivity (Wildman–Crippen MR) is 244 cm³/mol. The fourth-order valence-electron chi connectivity index (χ4n) is 9.05. The molecule has 3 unspecified atom stereocenters. The number of para-hydroxylation sites is 1. The maximum atomic E-state index is 7.04. The predicted octanol–water partition coefficient (Wildman–Crippen LogP) is 11.9. The average molecular weight is 776 g/mol. The summed E-state index contributed by atoms with van der Waals surface area (Å²) in [5, 5.41) is 15.4. The Balaban J connectivity index is 1.01. The summed E-state index contributed by atoms with van der Waals surface area (Å²) in [6.07, 6.45) is 2.67. The number of nitrogens with zero attached hydrogens (tertiary/aromatic N) is 2. The van der Waals surface area contributed by atoms with Gasteiger partial charge >= 0.3 is 0 Å². The standard InChI is InChI=1S/C55H43N4O/c1-5-15-37(16-6-1)38-25-30-45(31-26-38)59(44-22-11-4-12-23-44)46-32-27-40(28-33-46)49-35-43(36-50-48-34-29-39-17-13-14-24-47(39)51(48)60-52(49)50)55-57-53(41-18-7-2-8-19-41)56-54(58-55)42-20-9-3-10-21-42/h1-33,35-36,48,53-55,57-58H,34H2/q-1. The summed E-state index contributed by atoms with van der Waals surface area (Å²) in [7, 11) is 0. The van der Waals surface area contributed by atoms with E-state index in [-0.39, 0.29) is 24.4 Å². The van der Waals surface area contributed by atoms with Crippen LogP contribution in [0, 0.1) is 0 Å². The molecule has 2 aliphatic heterocycles. The molecule has 5 nitrogen and oxygen atoms in total. The smallest absolute Gasteiger partial charge is 0.138 e. The second-order valence-corrected chi connectivity index (χ2v) is 15.7. The van der Waals surface area contributed by atoms with Crippen LogP contribution in [0.2, 0.25) is 0 Å². The van der Waals surface area contributed by atoms with Crippen molar-refractivity contribution in [3.63, 3.8) is 0 Å². The molecule has 2 N–H and O–H groups in total. The van der Waals surface area contributed by atoms with Gasteiger partial charge in [0.25, 0.3) is 0 Å². The first-order valence-electron chi connectivity index (χ1n) is 20.8. The van der Waals surface area contributed by atoms with E-state index in [4.69, 9.17) is 10.1 Å². The molecule has 2 heterocycles. The van der Waals surface area contributed by atoms with Crippen molar-refractivity contribution in [2.45, 2.75) is 30.8 Å². The fourth-order valence-corrected chi connectivity index (χ4v) is 9.05. The van der Waals surface area contributed by atoms with Crippen molar-refractivity contribution in [2.24, 2.45) is 0 Å². The molecule has 5 heteroatoms. The Labute approximate surface area is 351 Å². The number of nitrogens with one attached hydrogen (secondary N) is 2. The molecular formula is C55H43N4O-. The van der Waals surface area contributed by atoms with Gasteiger partial charge in [0, 0.05) is 39.3 Å². The molecule has 3 atom stereocenters. The zero-order chi connectivity index (χ0) is 39.8. The van der Waals surface area contributed by atoms with E-state index in [1.807, 2.05) is 0 Å². The highest BCUT2D eigenvalue weighted by Crippen LogP contribution is 2.51. The minimum Gasteiger partial charge on any atom is -0.624 e. The summed E-state index contributed by atoms with van der Waals surface area (Å²) >= 11 is 0. The first kappa shape index (κ1) is 36.1. The molecule has 1 saturated heterocycles. The van der Waals surface area contributed by atoms with Crippen molar-refractivity contribution in [2.75, 3.05) is 4.90 Å². The highest BCUT2D eigenvalue weighted by molar-refractivity contribution is 5.83. The summed E-state index contributed by atoms with van der Waals surface area (Å²) in [4.78, 5) is 2.32. The molecule has 0 bridgehead atoms. The van der Waals surface area contributed by atoms with Crippen LogP contribution >= 0.6 is 0 Å². The van der Waals surface area contributed by atoms with Gasteiger partial charge in [-0.05, 0) is 82.4 Å². The lowest BCUT2D eigenvalue weighted by molar-refractivity contribution is 0.316. The number of hydrogen-bond donors (Lipinski definition) is 2. The van der Waals surface area contributed by atoms with Crippen molar-refractivity contribution in [1.29, 1.82) is 0 Å². The lowest BCUT2D eigenvalue weighted by Gasteiger charge is -2.50. The Morgan fingerprint density at radius 3 is 1.63 bits per heavy atom. The van der Waals surface area contributed by atoms with Crippen LogP contribution in [0.3, 0.4) is 0 Å². The van der Waals surface area contributed by atoms with E-state index in [1.165, 1.54) is 27.1 Å². The topological polar surface area (TPSA) is 50.6 Å². The lowest BCUT2D eigenvalue weighted by atomic mass is 9.87. The second kappa shape index (κ2) is 15.6. The molecule has 0 amide bonds. The van der Waals surface area contributed by atoms with Crippen LogP contribution in [0.25, 0.3) is 39.4 Å². The highest BCUT2D eigenvalue weighted by Gasteiger charge is 2.35. The van der Waals surface area contributed by atoms with Crippen LogP contribution in [0.15, 0.2) is 206 Å². The van der Waals surface area contributed by atoms with Crippen molar-refractivity contribution in [3.8, 4) is 28.0 Å². The zero-order valence-electron chi connectivity index (χ0n) is 33.0. The first-order valence-corrected chi connectivity index (χ1v) is 20.8. The quantitative estimate of drug-likeness (QED) is 0.161. The van der Waals surface area contributed by atoms with Gasteiger partial charge in [0.15, 0.2) is 0 Å². The van der Waals surface area contributed by atoms with Crippen molar-refractivity contribution in [3.05, 3.63) is 244 Å². The van der Waals surface area contributed by atoms with Crippen LogP contribution in [-0.2, 0) is 0 Å². The third-order valence-electron chi connectivity index (χ3n) is 12.0. The van der Waals surface area contributed by atoms with Gasteiger partial charge in [-0.25, -0.2) is 0 Å². The SMILES string of the molecule is C1=c2ccccc2=C2Oc3c(-c4ccc(N(c5ccccc5)c5ccc(-c6ccccc6)cc5)cc4)cc(C4NC(c5ccccc5)[N-]C(c5ccccc5)N4)cc3C2C1. The van der Waals surface area contributed by atoms with Crippen LogP contribution in [0.5, 0.6) is 5.75 Å². The van der Waals surface area contributed by atoms with E-state index in [2.05, 4.69) is 228 Å². The Hall–Kier alpha value is -7.02. The van der Waals surface area contributed by atoms with Gasteiger partial charge in [0.2, 0.25) is 0 Å². The monoisotopic (exact) mass is 775 g/mol. The number of benzene rings is 8. The summed E-state index contributed by atoms with van der Waals surface area (Å²) in [5.41, 5.74) is 12.5. The summed E-state index contributed by atoms with van der Waals surface area (Å²) in [6, 6.07) is 73.3. The van der Waals surface area contributed by atoms with Gasteiger partial charge < -0.3 is 25.6 Å². The molecule has 8 aromatic carbocycles.